The van der Waals surface area contributed by atoms with E-state index in [2.05, 4.69) is 5.32 Å². The number of hydrogen-bond acceptors (Lipinski definition) is 6. The first-order valence-corrected chi connectivity index (χ1v) is 10.2. The molecule has 0 spiro atoms. The molecule has 4 rings (SSSR count). The van der Waals surface area contributed by atoms with Crippen LogP contribution < -0.4 is 5.32 Å². The Labute approximate surface area is 168 Å². The van der Waals surface area contributed by atoms with E-state index < -0.39 is 21.3 Å². The highest BCUT2D eigenvalue weighted by atomic mass is 32.2. The molecule has 2 N–H and O–H groups in total. The molecule has 142 valence electrons. The molecule has 1 aliphatic rings. The van der Waals surface area contributed by atoms with Gasteiger partial charge >= 0.3 is 0 Å². The number of ketones is 2. The molecule has 2 radical (unpaired) electrons. The molecule has 6 nitrogen and oxygen atoms in total. The molecule has 0 saturated heterocycles. The molecule has 0 saturated carbocycles. The fourth-order valence-electron chi connectivity index (χ4n) is 3.42. The zero-order chi connectivity index (χ0) is 20.9. The Kier molecular flexibility index (Phi) is 4.31. The average molecular weight is 403 g/mol. The molecule has 1 aliphatic carbocycles. The van der Waals surface area contributed by atoms with Crippen molar-refractivity contribution in [2.45, 2.75) is 11.8 Å². The number of phenols is 1. The van der Waals surface area contributed by atoms with Crippen molar-refractivity contribution in [1.82, 2.24) is 0 Å². The molecule has 0 aromatic heterocycles. The van der Waals surface area contributed by atoms with Crippen molar-refractivity contribution in [1.29, 1.82) is 0 Å². The van der Waals surface area contributed by atoms with Crippen LogP contribution in [0.2, 0.25) is 0 Å². The van der Waals surface area contributed by atoms with Gasteiger partial charge in [-0.2, -0.15) is 0 Å². The third-order valence-corrected chi connectivity index (χ3v) is 5.72. The second-order valence-electron chi connectivity index (χ2n) is 6.76. The number of aryl methyl sites for hydroxylation is 1. The van der Waals surface area contributed by atoms with Crippen LogP contribution in [0.4, 0.5) is 11.4 Å². The zero-order valence-corrected chi connectivity index (χ0v) is 16.1. The van der Waals surface area contributed by atoms with E-state index in [9.17, 15) is 23.1 Å². The molecular formula is C21H14BNO5S. The molecule has 0 atom stereocenters. The normalized spacial score (nSPS) is 13.0. The van der Waals surface area contributed by atoms with Gasteiger partial charge in [-0.25, -0.2) is 8.42 Å². The second-order valence-corrected chi connectivity index (χ2v) is 8.29. The van der Waals surface area contributed by atoms with Crippen molar-refractivity contribution in [3.63, 3.8) is 0 Å². The first-order valence-electron chi connectivity index (χ1n) is 8.63. The summed E-state index contributed by atoms with van der Waals surface area (Å²) in [5, 5.41) is 13.2. The number of aromatic hydroxyl groups is 1. The van der Waals surface area contributed by atoms with E-state index in [1.807, 2.05) is 0 Å². The van der Waals surface area contributed by atoms with Crippen LogP contribution in [-0.2, 0) is 9.69 Å². The molecule has 8 heteroatoms. The lowest BCUT2D eigenvalue weighted by Gasteiger charge is -2.22. The van der Waals surface area contributed by atoms with Crippen LogP contribution in [0.1, 0.15) is 37.4 Å². The molecule has 0 amide bonds. The molecule has 29 heavy (non-hydrogen) atoms. The molecule has 3 aromatic rings. The molecule has 3 aromatic carbocycles. The SMILES string of the molecule is [B]S(=O)(=O)c1cc(C)ccc1Nc1ccc(O)c2c1C(=O)c1ccccc1C2=O. The number of carbonyl (C=O) groups is 2. The van der Waals surface area contributed by atoms with Crippen LogP contribution in [0.25, 0.3) is 0 Å². The maximum atomic E-state index is 13.1. The van der Waals surface area contributed by atoms with Gasteiger partial charge in [-0.15, -0.1) is 0 Å². The van der Waals surface area contributed by atoms with Crippen LogP contribution in [0, 0.1) is 6.92 Å². The Morgan fingerprint density at radius 2 is 1.45 bits per heavy atom. The third-order valence-electron chi connectivity index (χ3n) is 4.77. The van der Waals surface area contributed by atoms with Gasteiger partial charge in [-0.3, -0.25) is 9.59 Å². The lowest BCUT2D eigenvalue weighted by Crippen LogP contribution is -2.22. The van der Waals surface area contributed by atoms with Crippen LogP contribution in [-0.4, -0.2) is 32.2 Å². The first kappa shape index (κ1) is 19.0. The summed E-state index contributed by atoms with van der Waals surface area (Å²) < 4.78 is 24.0. The van der Waals surface area contributed by atoms with Gasteiger partial charge in [0.05, 0.1) is 27.4 Å². The third kappa shape index (κ3) is 3.11. The van der Waals surface area contributed by atoms with Gasteiger partial charge in [-0.1, -0.05) is 30.3 Å². The van der Waals surface area contributed by atoms with Gasteiger partial charge in [0.25, 0.3) is 7.12 Å². The Bertz CT molecular complexity index is 1310. The van der Waals surface area contributed by atoms with Crippen LogP contribution in [0.3, 0.4) is 0 Å². The van der Waals surface area contributed by atoms with Crippen molar-refractivity contribution < 1.29 is 23.1 Å². The van der Waals surface area contributed by atoms with E-state index in [0.717, 1.165) is 0 Å². The lowest BCUT2D eigenvalue weighted by atomic mass is 9.82. The largest absolute Gasteiger partial charge is 0.507 e. The highest BCUT2D eigenvalue weighted by molar-refractivity contribution is 8.12. The number of fused-ring (bicyclic) bond motifs is 2. The predicted molar refractivity (Wildman–Crippen MR) is 109 cm³/mol. The summed E-state index contributed by atoms with van der Waals surface area (Å²) >= 11 is 0. The zero-order valence-electron chi connectivity index (χ0n) is 15.3. The van der Waals surface area contributed by atoms with Crippen LogP contribution >= 0.6 is 0 Å². The minimum atomic E-state index is -4.04. The topological polar surface area (TPSA) is 101 Å². The van der Waals surface area contributed by atoms with E-state index in [1.54, 1.807) is 25.1 Å². The number of phenolic OH excluding ortho intramolecular Hbond substituents is 1. The summed E-state index contributed by atoms with van der Waals surface area (Å²) in [5.41, 5.74) is 1.32. The summed E-state index contributed by atoms with van der Waals surface area (Å²) in [4.78, 5) is 25.9. The van der Waals surface area contributed by atoms with Gasteiger partial charge in [0.1, 0.15) is 15.4 Å². The number of nitrogens with one attached hydrogen (secondary N) is 1. The Hall–Kier alpha value is -3.39. The molecule has 0 bridgehead atoms. The summed E-state index contributed by atoms with van der Waals surface area (Å²) in [6.45, 7) is 1.72. The van der Waals surface area contributed by atoms with Crippen molar-refractivity contribution >= 4 is 39.8 Å². The van der Waals surface area contributed by atoms with Gasteiger partial charge < -0.3 is 10.4 Å². The maximum absolute atomic E-state index is 13.1. The molecular weight excluding hydrogens is 389 g/mol. The number of anilines is 2. The van der Waals surface area contributed by atoms with Crippen molar-refractivity contribution in [3.05, 3.63) is 82.4 Å². The summed E-state index contributed by atoms with van der Waals surface area (Å²) in [6, 6.07) is 13.7. The van der Waals surface area contributed by atoms with Gasteiger partial charge in [-0.05, 0) is 36.8 Å². The monoisotopic (exact) mass is 403 g/mol. The van der Waals surface area contributed by atoms with E-state index in [0.29, 0.717) is 5.56 Å². The van der Waals surface area contributed by atoms with Crippen LogP contribution in [0.15, 0.2) is 59.5 Å². The van der Waals surface area contributed by atoms with Gasteiger partial charge in [0, 0.05) is 11.1 Å². The highest BCUT2D eigenvalue weighted by Crippen LogP contribution is 2.38. The van der Waals surface area contributed by atoms with E-state index >= 15 is 0 Å². The number of benzene rings is 3. The Morgan fingerprint density at radius 3 is 2.07 bits per heavy atom. The van der Waals surface area contributed by atoms with E-state index in [4.69, 9.17) is 7.12 Å². The Balaban J connectivity index is 1.92. The van der Waals surface area contributed by atoms with E-state index in [-0.39, 0.29) is 44.3 Å². The number of rotatable bonds is 3. The number of carbonyl (C=O) groups excluding carboxylic acids is 2. The minimum Gasteiger partial charge on any atom is -0.507 e. The molecule has 0 fully saturated rings. The quantitative estimate of drug-likeness (QED) is 0.403. The standard InChI is InChI=1S/C21H14BNO5S/c1-11-6-7-14(17(10-11)29(22,27)28)23-15-8-9-16(24)19-18(15)20(25)12-4-2-3-5-13(12)21(19)26/h2-10,23-24H,1H3. The number of hydrogen-bond donors (Lipinski definition) is 2. The predicted octanol–water partition coefficient (Wildman–Crippen LogP) is 3.08. The smallest absolute Gasteiger partial charge is 0.262 e. The molecule has 0 unspecified atom stereocenters. The minimum absolute atomic E-state index is 0.0188. The average Bonchev–Trinajstić information content (AvgIpc) is 2.68. The Morgan fingerprint density at radius 1 is 0.862 bits per heavy atom. The summed E-state index contributed by atoms with van der Waals surface area (Å²) in [6.07, 6.45) is 0. The van der Waals surface area contributed by atoms with Gasteiger partial charge in [0.15, 0.2) is 11.6 Å². The highest BCUT2D eigenvalue weighted by Gasteiger charge is 2.34. The summed E-state index contributed by atoms with van der Waals surface area (Å²) in [7, 11) is 1.28. The fourth-order valence-corrected chi connectivity index (χ4v) is 4.20. The van der Waals surface area contributed by atoms with Crippen molar-refractivity contribution in [2.75, 3.05) is 5.32 Å². The summed E-state index contributed by atoms with van der Waals surface area (Å²) in [5.74, 6) is -1.25. The fraction of sp³-hybridized carbons (Fsp3) is 0.0476. The second kappa shape index (κ2) is 6.60. The molecule has 0 aliphatic heterocycles. The van der Waals surface area contributed by atoms with Crippen molar-refractivity contribution in [3.8, 4) is 5.75 Å². The van der Waals surface area contributed by atoms with Crippen molar-refractivity contribution in [2.24, 2.45) is 0 Å². The molecule has 0 heterocycles. The van der Waals surface area contributed by atoms with Crippen LogP contribution in [0.5, 0.6) is 5.75 Å². The lowest BCUT2D eigenvalue weighted by molar-refractivity contribution is 0.0977. The maximum Gasteiger partial charge on any atom is 0.262 e. The van der Waals surface area contributed by atoms with E-state index in [1.165, 1.54) is 36.4 Å². The van der Waals surface area contributed by atoms with Gasteiger partial charge in [0.2, 0.25) is 0 Å². The first-order chi connectivity index (χ1) is 13.7.